The highest BCUT2D eigenvalue weighted by Crippen LogP contribution is 2.21. The molecular formula is C22H27N9O2. The molecule has 172 valence electrons. The number of anilines is 1. The molecule has 0 radical (unpaired) electrons. The fraction of sp³-hybridized carbons (Fsp3) is 0.318. The lowest BCUT2D eigenvalue weighted by molar-refractivity contribution is 0.0937. The van der Waals surface area contributed by atoms with E-state index in [1.165, 1.54) is 6.33 Å². The Morgan fingerprint density at radius 1 is 1.21 bits per heavy atom. The molecule has 0 aliphatic rings. The molecule has 11 heteroatoms. The van der Waals surface area contributed by atoms with Crippen molar-refractivity contribution in [1.29, 1.82) is 5.41 Å². The Bertz CT molecular complexity index is 1180. The zero-order chi connectivity index (χ0) is 24.0. The number of amides is 1. The lowest BCUT2D eigenvalue weighted by Crippen LogP contribution is -2.24. The minimum absolute atomic E-state index is 0.00884. The lowest BCUT2D eigenvalue weighted by atomic mass is 9.97. The van der Waals surface area contributed by atoms with E-state index >= 15 is 0 Å². The number of benzene rings is 1. The van der Waals surface area contributed by atoms with Gasteiger partial charge in [0.05, 0.1) is 0 Å². The summed E-state index contributed by atoms with van der Waals surface area (Å²) in [5.41, 5.74) is 2.35. The molecule has 1 aromatic carbocycles. The van der Waals surface area contributed by atoms with Gasteiger partial charge in [-0.1, -0.05) is 38.1 Å². The van der Waals surface area contributed by atoms with E-state index in [0.29, 0.717) is 18.3 Å². The molecule has 3 aromatic rings. The molecule has 0 bridgehead atoms. The maximum Gasteiger partial charge on any atom is 0.292 e. The minimum Gasteiger partial charge on any atom is -0.394 e. The van der Waals surface area contributed by atoms with Crippen molar-refractivity contribution in [1.82, 2.24) is 35.7 Å². The number of hydrogen-bond donors (Lipinski definition) is 4. The summed E-state index contributed by atoms with van der Waals surface area (Å²) in [6.45, 7) is 8.05. The van der Waals surface area contributed by atoms with Crippen LogP contribution in [0.25, 0.3) is 11.4 Å². The van der Waals surface area contributed by atoms with Crippen molar-refractivity contribution < 1.29 is 9.32 Å². The van der Waals surface area contributed by atoms with Crippen LogP contribution in [0.15, 0.2) is 41.3 Å². The summed E-state index contributed by atoms with van der Waals surface area (Å²) < 4.78 is 5.18. The van der Waals surface area contributed by atoms with Gasteiger partial charge in [0.15, 0.2) is 5.82 Å². The Labute approximate surface area is 191 Å². The van der Waals surface area contributed by atoms with Crippen LogP contribution in [-0.4, -0.2) is 43.9 Å². The van der Waals surface area contributed by atoms with Crippen molar-refractivity contribution in [3.8, 4) is 11.4 Å². The summed E-state index contributed by atoms with van der Waals surface area (Å²) in [6, 6.07) is 5.70. The van der Waals surface area contributed by atoms with Crippen molar-refractivity contribution >= 4 is 17.7 Å². The number of carbonyl (C=O) groups excluding carboxylic acids is 1. The van der Waals surface area contributed by atoms with Gasteiger partial charge in [0.25, 0.3) is 11.7 Å². The molecule has 0 saturated carbocycles. The van der Waals surface area contributed by atoms with Crippen LogP contribution in [-0.2, 0) is 12.0 Å². The molecule has 0 unspecified atom stereocenters. The van der Waals surface area contributed by atoms with Crippen molar-refractivity contribution in [3.63, 3.8) is 0 Å². The second kappa shape index (κ2) is 9.98. The van der Waals surface area contributed by atoms with Crippen LogP contribution in [0.2, 0.25) is 0 Å². The highest BCUT2D eigenvalue weighted by atomic mass is 16.5. The largest absolute Gasteiger partial charge is 0.394 e. The molecule has 0 aliphatic carbocycles. The number of rotatable bonds is 7. The molecule has 3 rings (SSSR count). The topological polar surface area (TPSA) is 155 Å². The zero-order valence-corrected chi connectivity index (χ0v) is 19.2. The van der Waals surface area contributed by atoms with Crippen LogP contribution in [0.1, 0.15) is 48.4 Å². The normalized spacial score (nSPS) is 11.4. The first kappa shape index (κ1) is 23.5. The SMILES string of the molecule is CN/C=C\C(=N)Nc1ncnc(-c2ccc(CNC(=O)c3noc(C(C)(C)C)n3)c(C)c2)n1. The monoisotopic (exact) mass is 449 g/mol. The summed E-state index contributed by atoms with van der Waals surface area (Å²) in [5, 5.41) is 20.1. The van der Waals surface area contributed by atoms with Gasteiger partial charge < -0.3 is 20.5 Å². The molecule has 0 spiro atoms. The second-order valence-electron chi connectivity index (χ2n) is 8.29. The fourth-order valence-corrected chi connectivity index (χ4v) is 2.73. The molecule has 0 fully saturated rings. The van der Waals surface area contributed by atoms with E-state index in [-0.39, 0.29) is 23.0 Å². The zero-order valence-electron chi connectivity index (χ0n) is 19.2. The number of amidine groups is 1. The predicted octanol–water partition coefficient (Wildman–Crippen LogP) is 2.58. The molecular weight excluding hydrogens is 422 g/mol. The average Bonchev–Trinajstić information content (AvgIpc) is 3.28. The van der Waals surface area contributed by atoms with Crippen LogP contribution in [0.5, 0.6) is 0 Å². The molecule has 2 aromatic heterocycles. The van der Waals surface area contributed by atoms with Gasteiger partial charge in [0, 0.05) is 24.6 Å². The Hall–Kier alpha value is -4.15. The fourth-order valence-electron chi connectivity index (χ4n) is 2.73. The summed E-state index contributed by atoms with van der Waals surface area (Å²) in [6.07, 6.45) is 4.57. The first-order valence-corrected chi connectivity index (χ1v) is 10.3. The summed E-state index contributed by atoms with van der Waals surface area (Å²) >= 11 is 0. The maximum atomic E-state index is 12.4. The van der Waals surface area contributed by atoms with E-state index in [1.54, 1.807) is 19.3 Å². The first-order valence-electron chi connectivity index (χ1n) is 10.3. The van der Waals surface area contributed by atoms with Crippen LogP contribution >= 0.6 is 0 Å². The summed E-state index contributed by atoms with van der Waals surface area (Å²) in [5.74, 6) is 0.898. The molecule has 0 atom stereocenters. The summed E-state index contributed by atoms with van der Waals surface area (Å²) in [4.78, 5) is 29.2. The number of aryl methyl sites for hydroxylation is 1. The molecule has 0 saturated heterocycles. The van der Waals surface area contributed by atoms with E-state index in [2.05, 4.69) is 41.0 Å². The second-order valence-corrected chi connectivity index (χ2v) is 8.29. The molecule has 33 heavy (non-hydrogen) atoms. The van der Waals surface area contributed by atoms with E-state index in [9.17, 15) is 4.79 Å². The van der Waals surface area contributed by atoms with Crippen molar-refractivity contribution in [2.24, 2.45) is 0 Å². The lowest BCUT2D eigenvalue weighted by Gasteiger charge is -2.10. The van der Waals surface area contributed by atoms with Gasteiger partial charge in [-0.05, 0) is 36.4 Å². The molecule has 2 heterocycles. The highest BCUT2D eigenvalue weighted by molar-refractivity contribution is 6.00. The van der Waals surface area contributed by atoms with E-state index in [1.807, 2.05) is 45.9 Å². The highest BCUT2D eigenvalue weighted by Gasteiger charge is 2.24. The van der Waals surface area contributed by atoms with Gasteiger partial charge in [0.1, 0.15) is 12.2 Å². The third-order valence-electron chi connectivity index (χ3n) is 4.55. The Balaban J connectivity index is 1.67. The van der Waals surface area contributed by atoms with Crippen LogP contribution < -0.4 is 16.0 Å². The maximum absolute atomic E-state index is 12.4. The molecule has 0 aliphatic heterocycles. The van der Waals surface area contributed by atoms with Crippen LogP contribution in [0.4, 0.5) is 5.95 Å². The Morgan fingerprint density at radius 2 is 2.00 bits per heavy atom. The van der Waals surface area contributed by atoms with E-state index in [0.717, 1.165) is 16.7 Å². The van der Waals surface area contributed by atoms with Gasteiger partial charge >= 0.3 is 0 Å². The van der Waals surface area contributed by atoms with Gasteiger partial charge in [0.2, 0.25) is 11.8 Å². The first-order chi connectivity index (χ1) is 15.7. The quantitative estimate of drug-likeness (QED) is 0.314. The summed E-state index contributed by atoms with van der Waals surface area (Å²) in [7, 11) is 1.75. The van der Waals surface area contributed by atoms with Crippen molar-refractivity contribution in [2.45, 2.75) is 39.7 Å². The van der Waals surface area contributed by atoms with E-state index < -0.39 is 5.91 Å². The molecule has 11 nitrogen and oxygen atoms in total. The van der Waals surface area contributed by atoms with Crippen LogP contribution in [0, 0.1) is 12.3 Å². The number of aromatic nitrogens is 5. The standard InChI is InChI=1S/C22H27N9O2/c1-13-10-14(17-26-12-27-21(30-17)28-16(23)8-9-24-5)6-7-15(13)11-25-19(32)18-29-20(33-31-18)22(2,3)4/h6-10,12,24H,11H2,1-5H3,(H,25,32)(H2,23,26,27,28,30)/b9-8-. The molecule has 4 N–H and O–H groups in total. The number of nitrogens with one attached hydrogen (secondary N) is 4. The minimum atomic E-state index is -0.402. The van der Waals surface area contributed by atoms with Crippen molar-refractivity contribution in [2.75, 3.05) is 12.4 Å². The Morgan fingerprint density at radius 3 is 2.67 bits per heavy atom. The van der Waals surface area contributed by atoms with Gasteiger partial charge in [-0.2, -0.15) is 9.97 Å². The van der Waals surface area contributed by atoms with Gasteiger partial charge in [-0.25, -0.2) is 9.97 Å². The Kier molecular flexibility index (Phi) is 7.11. The van der Waals surface area contributed by atoms with E-state index in [4.69, 9.17) is 9.93 Å². The molecule has 1 amide bonds. The third kappa shape index (κ3) is 6.19. The smallest absolute Gasteiger partial charge is 0.292 e. The number of hydrogen-bond acceptors (Lipinski definition) is 9. The average molecular weight is 450 g/mol. The number of nitrogens with zero attached hydrogens (tertiary/aromatic N) is 5. The number of carbonyl (C=O) groups is 1. The van der Waals surface area contributed by atoms with Gasteiger partial charge in [-0.15, -0.1) is 0 Å². The van der Waals surface area contributed by atoms with Crippen LogP contribution in [0.3, 0.4) is 0 Å². The van der Waals surface area contributed by atoms with Gasteiger partial charge in [-0.3, -0.25) is 10.2 Å². The predicted molar refractivity (Wildman–Crippen MR) is 124 cm³/mol. The third-order valence-corrected chi connectivity index (χ3v) is 4.55. The van der Waals surface area contributed by atoms with Crippen molar-refractivity contribution in [3.05, 3.63) is 59.6 Å².